The molecular weight excluding hydrogens is 312 g/mol. The molecule has 1 aromatic rings. The van der Waals surface area contributed by atoms with Gasteiger partial charge in [-0.1, -0.05) is 11.6 Å². The second kappa shape index (κ2) is 7.41. The largest absolute Gasteiger partial charge is 0.379 e. The predicted octanol–water partition coefficient (Wildman–Crippen LogP) is 2.20. The second-order valence-corrected chi connectivity index (χ2v) is 6.70. The summed E-state index contributed by atoms with van der Waals surface area (Å²) in [6.45, 7) is 4.32. The molecule has 1 atom stereocenters. The van der Waals surface area contributed by atoms with E-state index in [0.29, 0.717) is 18.4 Å². The summed E-state index contributed by atoms with van der Waals surface area (Å²) in [5.41, 5.74) is 7.37. The monoisotopic (exact) mass is 336 g/mol. The molecule has 126 valence electrons. The van der Waals surface area contributed by atoms with Crippen LogP contribution in [0.15, 0.2) is 29.3 Å². The molecule has 3 rings (SSSR count). The van der Waals surface area contributed by atoms with Crippen molar-refractivity contribution in [3.8, 4) is 0 Å². The van der Waals surface area contributed by atoms with Gasteiger partial charge in [0.15, 0.2) is 5.96 Å². The average molecular weight is 337 g/mol. The van der Waals surface area contributed by atoms with E-state index in [2.05, 4.69) is 26.9 Å². The molecule has 0 spiro atoms. The van der Waals surface area contributed by atoms with Gasteiger partial charge in [-0.2, -0.15) is 0 Å². The number of benzene rings is 1. The van der Waals surface area contributed by atoms with Crippen molar-refractivity contribution in [3.63, 3.8) is 0 Å². The predicted molar refractivity (Wildman–Crippen MR) is 95.2 cm³/mol. The van der Waals surface area contributed by atoms with Gasteiger partial charge in [-0.25, -0.2) is 0 Å². The van der Waals surface area contributed by atoms with Crippen molar-refractivity contribution in [3.05, 3.63) is 29.3 Å². The number of hydrogen-bond donors (Lipinski definition) is 1. The molecule has 1 aromatic carbocycles. The maximum absolute atomic E-state index is 6.16. The Morgan fingerprint density at radius 3 is 2.48 bits per heavy atom. The zero-order valence-electron chi connectivity index (χ0n) is 13.6. The molecule has 1 saturated carbocycles. The number of rotatable bonds is 5. The van der Waals surface area contributed by atoms with Crippen LogP contribution >= 0.6 is 11.6 Å². The smallest absolute Gasteiger partial charge is 0.191 e. The van der Waals surface area contributed by atoms with Crippen LogP contribution in [-0.4, -0.2) is 56.8 Å². The Morgan fingerprint density at radius 1 is 1.26 bits per heavy atom. The van der Waals surface area contributed by atoms with Gasteiger partial charge in [0, 0.05) is 44.0 Å². The van der Waals surface area contributed by atoms with Crippen LogP contribution < -0.4 is 10.6 Å². The normalized spacial score (nSPS) is 20.7. The molecule has 2 N–H and O–H groups in total. The number of ether oxygens (including phenoxy) is 1. The SMILES string of the molecule is COC(CN=C(N)N1CCN(c2ccc(Cl)cc2)CC1)C1CC1. The Labute approximate surface area is 143 Å². The minimum atomic E-state index is 0.226. The first kappa shape index (κ1) is 16.4. The maximum atomic E-state index is 6.16. The van der Waals surface area contributed by atoms with Crippen LogP contribution in [0.25, 0.3) is 0 Å². The molecule has 2 aliphatic rings. The van der Waals surface area contributed by atoms with Crippen LogP contribution in [0, 0.1) is 5.92 Å². The summed E-state index contributed by atoms with van der Waals surface area (Å²) < 4.78 is 5.50. The molecule has 23 heavy (non-hydrogen) atoms. The molecule has 6 heteroatoms. The fraction of sp³-hybridized carbons (Fsp3) is 0.588. The average Bonchev–Trinajstić information content (AvgIpc) is 3.41. The number of hydrogen-bond acceptors (Lipinski definition) is 3. The van der Waals surface area contributed by atoms with Gasteiger partial charge in [0.2, 0.25) is 0 Å². The van der Waals surface area contributed by atoms with Crippen LogP contribution in [0.5, 0.6) is 0 Å². The lowest BCUT2D eigenvalue weighted by Crippen LogP contribution is -2.51. The number of piperazine rings is 1. The molecule has 1 aliphatic carbocycles. The molecule has 2 fully saturated rings. The highest BCUT2D eigenvalue weighted by Crippen LogP contribution is 2.34. The minimum absolute atomic E-state index is 0.226. The van der Waals surface area contributed by atoms with Crippen molar-refractivity contribution >= 4 is 23.2 Å². The van der Waals surface area contributed by atoms with Gasteiger partial charge in [-0.05, 0) is 43.0 Å². The Morgan fingerprint density at radius 2 is 1.91 bits per heavy atom. The van der Waals surface area contributed by atoms with Gasteiger partial charge in [0.25, 0.3) is 0 Å². The Bertz CT molecular complexity index is 536. The number of nitrogens with zero attached hydrogens (tertiary/aromatic N) is 3. The number of anilines is 1. The molecule has 1 aliphatic heterocycles. The summed E-state index contributed by atoms with van der Waals surface area (Å²) in [6, 6.07) is 7.99. The van der Waals surface area contributed by atoms with Crippen molar-refractivity contribution in [2.45, 2.75) is 18.9 Å². The molecule has 1 heterocycles. The molecule has 0 radical (unpaired) electrons. The lowest BCUT2D eigenvalue weighted by atomic mass is 10.2. The van der Waals surface area contributed by atoms with E-state index in [1.807, 2.05) is 12.1 Å². The van der Waals surface area contributed by atoms with E-state index in [-0.39, 0.29) is 6.10 Å². The molecule has 5 nitrogen and oxygen atoms in total. The third-order valence-electron chi connectivity index (χ3n) is 4.68. The van der Waals surface area contributed by atoms with Crippen LogP contribution in [0.2, 0.25) is 5.02 Å². The minimum Gasteiger partial charge on any atom is -0.379 e. The van der Waals surface area contributed by atoms with Crippen LogP contribution in [0.3, 0.4) is 0 Å². The lowest BCUT2D eigenvalue weighted by molar-refractivity contribution is 0.0916. The van der Waals surface area contributed by atoms with Gasteiger partial charge < -0.3 is 20.3 Å². The summed E-state index contributed by atoms with van der Waals surface area (Å²) in [6.07, 6.45) is 2.74. The summed E-state index contributed by atoms with van der Waals surface area (Å²) in [5, 5.41) is 0.770. The Balaban J connectivity index is 1.50. The first-order chi connectivity index (χ1) is 11.2. The van der Waals surface area contributed by atoms with Crippen molar-refractivity contribution in [2.24, 2.45) is 16.6 Å². The fourth-order valence-electron chi connectivity index (χ4n) is 3.01. The topological polar surface area (TPSA) is 54.1 Å². The molecule has 1 unspecified atom stereocenters. The van der Waals surface area contributed by atoms with Crippen LogP contribution in [0.4, 0.5) is 5.69 Å². The first-order valence-corrected chi connectivity index (χ1v) is 8.63. The standard InChI is InChI=1S/C17H25ClN4O/c1-23-16(13-2-3-13)12-20-17(19)22-10-8-21(9-11-22)15-6-4-14(18)5-7-15/h4-7,13,16H,2-3,8-12H2,1H3,(H2,19,20). The van der Waals surface area contributed by atoms with E-state index in [0.717, 1.165) is 31.2 Å². The summed E-state index contributed by atoms with van der Waals surface area (Å²) in [5.74, 6) is 1.32. The number of guanidine groups is 1. The summed E-state index contributed by atoms with van der Waals surface area (Å²) in [7, 11) is 1.76. The van der Waals surface area contributed by atoms with Crippen molar-refractivity contribution in [1.82, 2.24) is 4.90 Å². The van der Waals surface area contributed by atoms with Crippen molar-refractivity contribution < 1.29 is 4.74 Å². The van der Waals surface area contributed by atoms with Crippen molar-refractivity contribution in [2.75, 3.05) is 44.7 Å². The first-order valence-electron chi connectivity index (χ1n) is 8.25. The summed E-state index contributed by atoms with van der Waals surface area (Å²) >= 11 is 5.94. The molecule has 0 bridgehead atoms. The second-order valence-electron chi connectivity index (χ2n) is 6.26. The van der Waals surface area contributed by atoms with Crippen molar-refractivity contribution in [1.29, 1.82) is 0 Å². The molecular formula is C17H25ClN4O. The third kappa shape index (κ3) is 4.30. The van der Waals surface area contributed by atoms with E-state index in [1.165, 1.54) is 18.5 Å². The Hall–Kier alpha value is -1.46. The highest BCUT2D eigenvalue weighted by molar-refractivity contribution is 6.30. The molecule has 0 amide bonds. The zero-order valence-corrected chi connectivity index (χ0v) is 14.4. The highest BCUT2D eigenvalue weighted by atomic mass is 35.5. The van der Waals surface area contributed by atoms with E-state index < -0.39 is 0 Å². The lowest BCUT2D eigenvalue weighted by Gasteiger charge is -2.36. The highest BCUT2D eigenvalue weighted by Gasteiger charge is 2.31. The van der Waals surface area contributed by atoms with Gasteiger partial charge >= 0.3 is 0 Å². The number of nitrogens with two attached hydrogens (primary N) is 1. The zero-order chi connectivity index (χ0) is 16.2. The number of methoxy groups -OCH3 is 1. The molecule has 1 saturated heterocycles. The van der Waals surface area contributed by atoms with E-state index in [9.17, 15) is 0 Å². The number of aliphatic imine (C=N–C) groups is 1. The van der Waals surface area contributed by atoms with Crippen LogP contribution in [-0.2, 0) is 4.74 Å². The summed E-state index contributed by atoms with van der Waals surface area (Å²) in [4.78, 5) is 9.06. The number of halogens is 1. The van der Waals surface area contributed by atoms with E-state index in [4.69, 9.17) is 22.1 Å². The van der Waals surface area contributed by atoms with Gasteiger partial charge in [0.1, 0.15) is 0 Å². The van der Waals surface area contributed by atoms with E-state index in [1.54, 1.807) is 7.11 Å². The maximum Gasteiger partial charge on any atom is 0.191 e. The molecule has 0 aromatic heterocycles. The van der Waals surface area contributed by atoms with Gasteiger partial charge in [0.05, 0.1) is 12.6 Å². The van der Waals surface area contributed by atoms with Gasteiger partial charge in [-0.15, -0.1) is 0 Å². The van der Waals surface area contributed by atoms with E-state index >= 15 is 0 Å². The fourth-order valence-corrected chi connectivity index (χ4v) is 3.14. The third-order valence-corrected chi connectivity index (χ3v) is 4.93. The van der Waals surface area contributed by atoms with Crippen LogP contribution in [0.1, 0.15) is 12.8 Å². The van der Waals surface area contributed by atoms with Gasteiger partial charge in [-0.3, -0.25) is 4.99 Å². The Kier molecular flexibility index (Phi) is 5.28. The quantitative estimate of drug-likeness (QED) is 0.661.